The van der Waals surface area contributed by atoms with E-state index < -0.39 is 30.2 Å². The van der Waals surface area contributed by atoms with Gasteiger partial charge in [0.05, 0.1) is 22.7 Å². The Morgan fingerprint density at radius 1 is 0.310 bits per heavy atom. The van der Waals surface area contributed by atoms with Crippen molar-refractivity contribution in [1.82, 2.24) is 0 Å². The summed E-state index contributed by atoms with van der Waals surface area (Å²) in [7, 11) is -9.32. The zero-order valence-corrected chi connectivity index (χ0v) is 58.6. The molecule has 4 aromatic carbocycles. The van der Waals surface area contributed by atoms with Crippen LogP contribution in [0.15, 0.2) is 109 Å². The molecule has 10 nitrogen and oxygen atoms in total. The summed E-state index contributed by atoms with van der Waals surface area (Å²) in [4.78, 5) is 0.244. The fourth-order valence-electron chi connectivity index (χ4n) is 13.2. The molecule has 87 heavy (non-hydrogen) atoms. The number of hydrogen-bond acceptors (Lipinski definition) is 10. The van der Waals surface area contributed by atoms with E-state index in [-0.39, 0.29) is 50.6 Å². The van der Waals surface area contributed by atoms with Crippen molar-refractivity contribution < 1.29 is 25.9 Å². The molecule has 2 aliphatic heterocycles. The first kappa shape index (κ1) is 76.6. The minimum Gasteiger partial charge on any atom is -0.745 e. The molecule has 13 heteroatoms. The standard InChI is InChI=1S/2C37H60N2O3S.Ca/c2*1-2-3-4-5-6-7-8-9-10-11-12-13-14-15-16-17-18-19-20-21-27-32-37(43(40,41)42)38-35-30-25-26-31-36(35)39(37)33-34-28-23-22-24-29-34;/h2*22-26,28-31,38H,2-21,27,32-33H2,1H3,(H,40,41,42);/q;;+2/p-2. The van der Waals surface area contributed by atoms with E-state index in [1.54, 1.807) is 9.80 Å². The summed E-state index contributed by atoms with van der Waals surface area (Å²) in [6.45, 7) is 5.30. The Morgan fingerprint density at radius 3 is 0.747 bits per heavy atom. The molecule has 0 fully saturated rings. The number of para-hydroxylation sites is 4. The van der Waals surface area contributed by atoms with Crippen LogP contribution in [-0.4, -0.2) is 73.7 Å². The molecule has 4 aromatic rings. The smallest absolute Gasteiger partial charge is 0.745 e. The first-order valence-electron chi connectivity index (χ1n) is 35.2. The van der Waals surface area contributed by atoms with E-state index in [1.165, 1.54) is 231 Å². The summed E-state index contributed by atoms with van der Waals surface area (Å²) in [6, 6.07) is 34.6. The fourth-order valence-corrected chi connectivity index (χ4v) is 15.3. The Hall–Kier alpha value is -2.84. The van der Waals surface area contributed by atoms with E-state index in [9.17, 15) is 25.9 Å². The molecule has 0 aromatic heterocycles. The van der Waals surface area contributed by atoms with Gasteiger partial charge in [0.25, 0.3) is 0 Å². The Kier molecular flexibility index (Phi) is 40.0. The van der Waals surface area contributed by atoms with E-state index in [2.05, 4.69) is 24.5 Å². The summed E-state index contributed by atoms with van der Waals surface area (Å²) < 4.78 is 76.8. The minimum absolute atomic E-state index is 0. The van der Waals surface area contributed by atoms with Gasteiger partial charge in [-0.3, -0.25) is 0 Å². The van der Waals surface area contributed by atoms with Crippen LogP contribution in [0, 0.1) is 0 Å². The number of nitrogens with one attached hydrogen (secondary N) is 2. The Bertz CT molecular complexity index is 2400. The number of fused-ring (bicyclic) bond motifs is 2. The quantitative estimate of drug-likeness (QED) is 0.0249. The number of unbranched alkanes of at least 4 members (excludes halogenated alkanes) is 40. The van der Waals surface area contributed by atoms with Crippen molar-refractivity contribution in [2.24, 2.45) is 0 Å². The van der Waals surface area contributed by atoms with E-state index in [0.717, 1.165) is 48.2 Å². The molecular formula is C74H118CaN4O6S2. The molecule has 0 amide bonds. The number of nitrogens with zero attached hydrogens (tertiary/aromatic N) is 2. The monoisotopic (exact) mass is 1260 g/mol. The Morgan fingerprint density at radius 2 is 0.517 bits per heavy atom. The van der Waals surface area contributed by atoms with Crippen molar-refractivity contribution >= 4 is 80.7 Å². The maximum absolute atomic E-state index is 12.8. The maximum Gasteiger partial charge on any atom is 2.00 e. The topological polar surface area (TPSA) is 145 Å². The number of anilines is 4. The van der Waals surface area contributed by atoms with Gasteiger partial charge >= 0.3 is 37.7 Å². The third kappa shape index (κ3) is 28.3. The molecule has 2 atom stereocenters. The van der Waals surface area contributed by atoms with Gasteiger partial charge in [0.1, 0.15) is 20.2 Å². The second-order valence-electron chi connectivity index (χ2n) is 25.5. The molecular weight excluding hydrogens is 1150 g/mol. The van der Waals surface area contributed by atoms with Crippen molar-refractivity contribution in [3.8, 4) is 0 Å². The van der Waals surface area contributed by atoms with Gasteiger partial charge in [-0.05, 0) is 48.2 Å². The van der Waals surface area contributed by atoms with Crippen molar-refractivity contribution in [3.05, 3.63) is 120 Å². The maximum atomic E-state index is 12.8. The fraction of sp³-hybridized carbons (Fsp3) is 0.676. The average molecular weight is 1260 g/mol. The number of benzene rings is 4. The number of hydrogen-bond donors (Lipinski definition) is 2. The van der Waals surface area contributed by atoms with Gasteiger partial charge in [-0.2, -0.15) is 0 Å². The molecule has 2 aliphatic rings. The summed E-state index contributed by atoms with van der Waals surface area (Å²) in [5, 5.41) is 6.29. The molecule has 0 radical (unpaired) electrons. The van der Waals surface area contributed by atoms with Gasteiger partial charge in [0, 0.05) is 25.9 Å². The second kappa shape index (κ2) is 45.4. The Balaban J connectivity index is 0.000000368. The van der Waals surface area contributed by atoms with Crippen LogP contribution in [-0.2, 0) is 33.3 Å². The van der Waals surface area contributed by atoms with Crippen LogP contribution >= 0.6 is 0 Å². The predicted molar refractivity (Wildman–Crippen MR) is 370 cm³/mol. The molecule has 2 N–H and O–H groups in total. The van der Waals surface area contributed by atoms with Crippen molar-refractivity contribution in [3.63, 3.8) is 0 Å². The summed E-state index contributed by atoms with van der Waals surface area (Å²) in [5.74, 6) is 0. The molecule has 0 bridgehead atoms. The van der Waals surface area contributed by atoms with Gasteiger partial charge in [0.15, 0.2) is 0 Å². The van der Waals surface area contributed by atoms with Crippen LogP contribution in [0.5, 0.6) is 0 Å². The molecule has 6 rings (SSSR count). The normalized spacial score (nSPS) is 16.2. The zero-order chi connectivity index (χ0) is 61.3. The average Bonchev–Trinajstić information content (AvgIpc) is 1.62. The van der Waals surface area contributed by atoms with E-state index >= 15 is 0 Å². The van der Waals surface area contributed by atoms with E-state index in [1.807, 2.05) is 109 Å². The Labute approximate surface area is 562 Å². The van der Waals surface area contributed by atoms with Crippen LogP contribution in [0.4, 0.5) is 22.7 Å². The van der Waals surface area contributed by atoms with Crippen LogP contribution < -0.4 is 20.4 Å². The third-order valence-electron chi connectivity index (χ3n) is 18.4. The summed E-state index contributed by atoms with van der Waals surface area (Å²) in [6.07, 6.45) is 55.5. The van der Waals surface area contributed by atoms with Gasteiger partial charge in [-0.25, -0.2) is 16.8 Å². The molecule has 2 heterocycles. The second-order valence-corrected chi connectivity index (χ2v) is 28.7. The van der Waals surface area contributed by atoms with Gasteiger partial charge in [0.2, 0.25) is 9.99 Å². The molecule has 0 saturated carbocycles. The summed E-state index contributed by atoms with van der Waals surface area (Å²) >= 11 is 0. The molecule has 484 valence electrons. The minimum atomic E-state index is -4.66. The molecule has 2 unspecified atom stereocenters. The van der Waals surface area contributed by atoms with E-state index in [0.29, 0.717) is 37.3 Å². The van der Waals surface area contributed by atoms with Crippen LogP contribution in [0.1, 0.15) is 307 Å². The van der Waals surface area contributed by atoms with E-state index in [4.69, 9.17) is 0 Å². The predicted octanol–water partition coefficient (Wildman–Crippen LogP) is 21.5. The van der Waals surface area contributed by atoms with Crippen LogP contribution in [0.25, 0.3) is 0 Å². The third-order valence-corrected chi connectivity index (χ3v) is 21.1. The van der Waals surface area contributed by atoms with Crippen molar-refractivity contribution in [1.29, 1.82) is 0 Å². The first-order valence-corrected chi connectivity index (χ1v) is 38.1. The zero-order valence-electron chi connectivity index (χ0n) is 54.8. The van der Waals surface area contributed by atoms with Crippen LogP contribution in [0.2, 0.25) is 0 Å². The van der Waals surface area contributed by atoms with Gasteiger partial charge in [-0.1, -0.05) is 356 Å². The van der Waals surface area contributed by atoms with Crippen molar-refractivity contribution in [2.75, 3.05) is 20.4 Å². The largest absolute Gasteiger partial charge is 2.00 e. The molecule has 0 spiro atoms. The summed E-state index contributed by atoms with van der Waals surface area (Å²) in [5.41, 5.74) is 4.92. The van der Waals surface area contributed by atoms with Gasteiger partial charge < -0.3 is 29.5 Å². The first-order chi connectivity index (χ1) is 42.0. The SMILES string of the molecule is CCCCCCCCCCCCCCCCCCCCCCCC1(S(=O)(=O)[O-])Nc2ccccc2N1Cc1ccccc1.CCCCCCCCCCCCCCCCCCCCCCCC1(S(=O)(=O)[O-])Nc2ccccc2N1Cc1ccccc1.[Ca+2]. The molecule has 0 saturated heterocycles. The van der Waals surface area contributed by atoms with Crippen molar-refractivity contribution in [2.45, 2.75) is 319 Å². The number of rotatable bonds is 50. The van der Waals surface area contributed by atoms with Crippen LogP contribution in [0.3, 0.4) is 0 Å². The van der Waals surface area contributed by atoms with Gasteiger partial charge in [-0.15, -0.1) is 0 Å². The molecule has 0 aliphatic carbocycles.